The summed E-state index contributed by atoms with van der Waals surface area (Å²) in [6, 6.07) is 1.89. The van der Waals surface area contributed by atoms with Crippen molar-refractivity contribution in [2.24, 2.45) is 11.1 Å². The third-order valence-corrected chi connectivity index (χ3v) is 2.85. The van der Waals surface area contributed by atoms with Gasteiger partial charge in [0.1, 0.15) is 5.82 Å². The summed E-state index contributed by atoms with van der Waals surface area (Å²) in [7, 11) is 3.87. The quantitative estimate of drug-likeness (QED) is 0.772. The molecule has 3 N–H and O–H groups in total. The zero-order valence-electron chi connectivity index (χ0n) is 11.9. The minimum Gasteiger partial charge on any atom is -0.369 e. The molecule has 1 aromatic heterocycles. The molecule has 5 nitrogen and oxygen atoms in total. The molecule has 0 atom stereocenters. The van der Waals surface area contributed by atoms with Crippen LogP contribution < -0.4 is 16.0 Å². The lowest BCUT2D eigenvalue weighted by Crippen LogP contribution is -2.24. The number of anilines is 2. The lowest BCUT2D eigenvalue weighted by molar-refractivity contribution is 0.350. The van der Waals surface area contributed by atoms with E-state index in [1.165, 1.54) is 0 Å². The van der Waals surface area contributed by atoms with E-state index >= 15 is 0 Å². The van der Waals surface area contributed by atoms with E-state index in [1.807, 2.05) is 25.1 Å². The first-order chi connectivity index (χ1) is 8.44. The van der Waals surface area contributed by atoms with Crippen LogP contribution in [0.3, 0.4) is 0 Å². The van der Waals surface area contributed by atoms with E-state index in [-0.39, 0.29) is 5.41 Å². The first-order valence-electron chi connectivity index (χ1n) is 6.39. The van der Waals surface area contributed by atoms with Gasteiger partial charge < -0.3 is 16.0 Å². The zero-order valence-corrected chi connectivity index (χ0v) is 11.9. The summed E-state index contributed by atoms with van der Waals surface area (Å²) < 4.78 is 0. The van der Waals surface area contributed by atoms with Gasteiger partial charge in [0.05, 0.1) is 0 Å². The Kier molecular flexibility index (Phi) is 5.34. The fraction of sp³-hybridized carbons (Fsp3) is 0.692. The standard InChI is InChI=1S/C13H25N5/c1-13(2,7-5-8-14)10-16-11-6-9-15-12(17-11)18(3)4/h6,9H,5,7-8,10,14H2,1-4H3,(H,15,16,17). The summed E-state index contributed by atoms with van der Waals surface area (Å²) in [5.41, 5.74) is 5.77. The fourth-order valence-corrected chi connectivity index (χ4v) is 1.66. The zero-order chi connectivity index (χ0) is 13.6. The maximum absolute atomic E-state index is 5.55. The van der Waals surface area contributed by atoms with Gasteiger partial charge in [-0.25, -0.2) is 4.98 Å². The summed E-state index contributed by atoms with van der Waals surface area (Å²) in [6.07, 6.45) is 3.95. The summed E-state index contributed by atoms with van der Waals surface area (Å²) in [5, 5.41) is 3.37. The minimum absolute atomic E-state index is 0.225. The van der Waals surface area contributed by atoms with Crippen LogP contribution in [0.1, 0.15) is 26.7 Å². The highest BCUT2D eigenvalue weighted by atomic mass is 15.2. The third-order valence-electron chi connectivity index (χ3n) is 2.85. The number of rotatable bonds is 7. The second-order valence-electron chi connectivity index (χ2n) is 5.55. The SMILES string of the molecule is CN(C)c1nccc(NCC(C)(C)CCCN)n1. The van der Waals surface area contributed by atoms with Crippen LogP contribution in [0.25, 0.3) is 0 Å². The van der Waals surface area contributed by atoms with E-state index in [0.29, 0.717) is 0 Å². The molecular formula is C13H25N5. The average Bonchev–Trinajstić information content (AvgIpc) is 2.34. The van der Waals surface area contributed by atoms with Gasteiger partial charge >= 0.3 is 0 Å². The lowest BCUT2D eigenvalue weighted by Gasteiger charge is -2.25. The molecule has 0 fully saturated rings. The van der Waals surface area contributed by atoms with E-state index < -0.39 is 0 Å². The highest BCUT2D eigenvalue weighted by Gasteiger charge is 2.17. The van der Waals surface area contributed by atoms with Crippen LogP contribution in [0.2, 0.25) is 0 Å². The summed E-state index contributed by atoms with van der Waals surface area (Å²) >= 11 is 0. The van der Waals surface area contributed by atoms with Crippen molar-refractivity contribution >= 4 is 11.8 Å². The molecule has 0 saturated carbocycles. The average molecular weight is 251 g/mol. The predicted octanol–water partition coefficient (Wildman–Crippen LogP) is 1.72. The first-order valence-corrected chi connectivity index (χ1v) is 6.39. The molecule has 0 amide bonds. The van der Waals surface area contributed by atoms with Crippen LogP contribution in [0, 0.1) is 5.41 Å². The number of nitrogens with one attached hydrogen (secondary N) is 1. The molecule has 0 bridgehead atoms. The van der Waals surface area contributed by atoms with Crippen LogP contribution in [0.15, 0.2) is 12.3 Å². The van der Waals surface area contributed by atoms with Gasteiger partial charge in [-0.1, -0.05) is 13.8 Å². The first kappa shape index (κ1) is 14.7. The number of aromatic nitrogens is 2. The van der Waals surface area contributed by atoms with Gasteiger partial charge in [0.2, 0.25) is 5.95 Å². The Morgan fingerprint density at radius 3 is 2.72 bits per heavy atom. The molecule has 0 aliphatic carbocycles. The number of nitrogens with zero attached hydrogens (tertiary/aromatic N) is 3. The van der Waals surface area contributed by atoms with Crippen LogP contribution in [-0.4, -0.2) is 37.2 Å². The highest BCUT2D eigenvalue weighted by Crippen LogP contribution is 2.22. The molecule has 0 unspecified atom stereocenters. The highest BCUT2D eigenvalue weighted by molar-refractivity contribution is 5.40. The van der Waals surface area contributed by atoms with Crippen molar-refractivity contribution < 1.29 is 0 Å². The van der Waals surface area contributed by atoms with Gasteiger partial charge in [-0.15, -0.1) is 0 Å². The third kappa shape index (κ3) is 4.87. The Labute approximate surface area is 110 Å². The van der Waals surface area contributed by atoms with Crippen molar-refractivity contribution in [3.63, 3.8) is 0 Å². The molecule has 18 heavy (non-hydrogen) atoms. The van der Waals surface area contributed by atoms with Gasteiger partial charge in [-0.3, -0.25) is 0 Å². The van der Waals surface area contributed by atoms with Gasteiger partial charge in [0.15, 0.2) is 0 Å². The van der Waals surface area contributed by atoms with Crippen LogP contribution in [-0.2, 0) is 0 Å². The molecule has 0 saturated heterocycles. The maximum Gasteiger partial charge on any atom is 0.226 e. The van der Waals surface area contributed by atoms with E-state index in [1.54, 1.807) is 6.20 Å². The van der Waals surface area contributed by atoms with Gasteiger partial charge in [-0.05, 0) is 30.9 Å². The Hall–Kier alpha value is -1.36. The molecular weight excluding hydrogens is 226 g/mol. The topological polar surface area (TPSA) is 67.1 Å². The van der Waals surface area contributed by atoms with Crippen molar-refractivity contribution in [2.75, 3.05) is 37.4 Å². The van der Waals surface area contributed by atoms with Crippen molar-refractivity contribution in [3.05, 3.63) is 12.3 Å². The van der Waals surface area contributed by atoms with E-state index in [0.717, 1.165) is 37.7 Å². The number of hydrogen-bond donors (Lipinski definition) is 2. The summed E-state index contributed by atoms with van der Waals surface area (Å²) in [6.45, 7) is 6.12. The van der Waals surface area contributed by atoms with Crippen molar-refractivity contribution in [1.82, 2.24) is 9.97 Å². The van der Waals surface area contributed by atoms with Crippen LogP contribution >= 0.6 is 0 Å². The van der Waals surface area contributed by atoms with Crippen molar-refractivity contribution in [2.45, 2.75) is 26.7 Å². The second-order valence-corrected chi connectivity index (χ2v) is 5.55. The van der Waals surface area contributed by atoms with Gasteiger partial charge in [0.25, 0.3) is 0 Å². The monoisotopic (exact) mass is 251 g/mol. The Morgan fingerprint density at radius 2 is 2.11 bits per heavy atom. The summed E-state index contributed by atoms with van der Waals surface area (Å²) in [4.78, 5) is 10.5. The largest absolute Gasteiger partial charge is 0.369 e. The molecule has 0 aliphatic rings. The van der Waals surface area contributed by atoms with Crippen molar-refractivity contribution in [1.29, 1.82) is 0 Å². The van der Waals surface area contributed by atoms with Crippen molar-refractivity contribution in [3.8, 4) is 0 Å². The molecule has 0 radical (unpaired) electrons. The molecule has 0 aliphatic heterocycles. The van der Waals surface area contributed by atoms with E-state index in [4.69, 9.17) is 5.73 Å². The minimum atomic E-state index is 0.225. The van der Waals surface area contributed by atoms with Crippen LogP contribution in [0.5, 0.6) is 0 Å². The molecule has 5 heteroatoms. The van der Waals surface area contributed by atoms with E-state index in [2.05, 4.69) is 29.1 Å². The lowest BCUT2D eigenvalue weighted by atomic mass is 9.88. The molecule has 0 spiro atoms. The molecule has 1 heterocycles. The Bertz CT molecular complexity index is 362. The van der Waals surface area contributed by atoms with Gasteiger partial charge in [0, 0.05) is 26.8 Å². The normalized spacial score (nSPS) is 11.4. The van der Waals surface area contributed by atoms with Gasteiger partial charge in [-0.2, -0.15) is 4.98 Å². The summed E-state index contributed by atoms with van der Waals surface area (Å²) in [5.74, 6) is 1.59. The Balaban J connectivity index is 2.55. The smallest absolute Gasteiger partial charge is 0.226 e. The Morgan fingerprint density at radius 1 is 1.39 bits per heavy atom. The second kappa shape index (κ2) is 6.54. The van der Waals surface area contributed by atoms with E-state index in [9.17, 15) is 0 Å². The maximum atomic E-state index is 5.55. The molecule has 1 rings (SSSR count). The van der Waals surface area contributed by atoms with Crippen LogP contribution in [0.4, 0.5) is 11.8 Å². The number of nitrogens with two attached hydrogens (primary N) is 1. The molecule has 1 aromatic rings. The molecule has 0 aromatic carbocycles. The molecule has 102 valence electrons. The fourth-order valence-electron chi connectivity index (χ4n) is 1.66. The predicted molar refractivity (Wildman–Crippen MR) is 76.9 cm³/mol. The number of hydrogen-bond acceptors (Lipinski definition) is 5.